The van der Waals surface area contributed by atoms with E-state index < -0.39 is 0 Å². The maximum Gasteiger partial charge on any atom is 0.228 e. The molecule has 0 radical (unpaired) electrons. The second-order valence-electron chi connectivity index (χ2n) is 6.18. The first kappa shape index (κ1) is 14.8. The van der Waals surface area contributed by atoms with Crippen molar-refractivity contribution >= 4 is 22.4 Å². The fourth-order valence-corrected chi connectivity index (χ4v) is 3.11. The SMILES string of the molecule is c1ccc(CC(=C2Nc3ccccc3O2)c2nc3ccccc3o2)cc1. The van der Waals surface area contributed by atoms with Crippen molar-refractivity contribution < 1.29 is 9.15 Å². The molecular formula is C22H16N2O2. The van der Waals surface area contributed by atoms with E-state index in [1.807, 2.05) is 66.7 Å². The molecule has 0 aliphatic carbocycles. The van der Waals surface area contributed by atoms with E-state index in [-0.39, 0.29) is 0 Å². The molecule has 0 fully saturated rings. The first-order chi connectivity index (χ1) is 12.9. The number of ether oxygens (including phenoxy) is 1. The third-order valence-corrected chi connectivity index (χ3v) is 4.40. The van der Waals surface area contributed by atoms with E-state index in [2.05, 4.69) is 22.4 Å². The molecule has 1 aliphatic rings. The molecule has 4 nitrogen and oxygen atoms in total. The second-order valence-corrected chi connectivity index (χ2v) is 6.18. The molecule has 5 rings (SSSR count). The molecule has 3 aromatic carbocycles. The third kappa shape index (κ3) is 2.62. The number of rotatable bonds is 3. The summed E-state index contributed by atoms with van der Waals surface area (Å²) in [6.07, 6.45) is 0.657. The number of hydrogen-bond donors (Lipinski definition) is 1. The molecule has 0 bridgehead atoms. The van der Waals surface area contributed by atoms with Gasteiger partial charge in [0.05, 0.1) is 11.3 Å². The van der Waals surface area contributed by atoms with Crippen LogP contribution in [0, 0.1) is 0 Å². The van der Waals surface area contributed by atoms with Crippen LogP contribution in [-0.4, -0.2) is 4.98 Å². The number of fused-ring (bicyclic) bond motifs is 2. The topological polar surface area (TPSA) is 47.3 Å². The summed E-state index contributed by atoms with van der Waals surface area (Å²) in [5.41, 5.74) is 4.61. The molecule has 4 heteroatoms. The number of hydrogen-bond acceptors (Lipinski definition) is 4. The first-order valence-electron chi connectivity index (χ1n) is 8.54. The summed E-state index contributed by atoms with van der Waals surface area (Å²) in [6.45, 7) is 0. The van der Waals surface area contributed by atoms with E-state index in [0.29, 0.717) is 18.2 Å². The average Bonchev–Trinajstić information content (AvgIpc) is 3.30. The number of aromatic nitrogens is 1. The fraction of sp³-hybridized carbons (Fsp3) is 0.0455. The fourth-order valence-electron chi connectivity index (χ4n) is 3.11. The lowest BCUT2D eigenvalue weighted by Crippen LogP contribution is -2.05. The second kappa shape index (κ2) is 6.08. The lowest BCUT2D eigenvalue weighted by Gasteiger charge is -2.08. The van der Waals surface area contributed by atoms with Gasteiger partial charge in [-0.3, -0.25) is 0 Å². The average molecular weight is 340 g/mol. The number of para-hydroxylation sites is 4. The number of allylic oxidation sites excluding steroid dienone is 1. The predicted molar refractivity (Wildman–Crippen MR) is 102 cm³/mol. The molecule has 4 aromatic rings. The highest BCUT2D eigenvalue weighted by molar-refractivity contribution is 5.79. The summed E-state index contributed by atoms with van der Waals surface area (Å²) >= 11 is 0. The maximum absolute atomic E-state index is 6.06. The molecule has 26 heavy (non-hydrogen) atoms. The van der Waals surface area contributed by atoms with Crippen LogP contribution in [0.4, 0.5) is 5.69 Å². The van der Waals surface area contributed by atoms with E-state index >= 15 is 0 Å². The number of anilines is 1. The van der Waals surface area contributed by atoms with Gasteiger partial charge in [-0.15, -0.1) is 0 Å². The summed E-state index contributed by atoms with van der Waals surface area (Å²) in [5.74, 6) is 2.05. The lowest BCUT2D eigenvalue weighted by atomic mass is 10.1. The Morgan fingerprint density at radius 2 is 1.62 bits per heavy atom. The highest BCUT2D eigenvalue weighted by Crippen LogP contribution is 2.37. The van der Waals surface area contributed by atoms with Gasteiger partial charge >= 0.3 is 0 Å². The van der Waals surface area contributed by atoms with Gasteiger partial charge in [0.25, 0.3) is 0 Å². The Kier molecular flexibility index (Phi) is 3.46. The zero-order valence-electron chi connectivity index (χ0n) is 14.0. The van der Waals surface area contributed by atoms with Crippen molar-refractivity contribution in [2.24, 2.45) is 0 Å². The molecule has 0 amide bonds. The van der Waals surface area contributed by atoms with E-state index in [1.54, 1.807) is 0 Å². The molecule has 2 heterocycles. The van der Waals surface area contributed by atoms with Crippen LogP contribution < -0.4 is 10.1 Å². The lowest BCUT2D eigenvalue weighted by molar-refractivity contribution is 0.454. The molecule has 0 saturated carbocycles. The molecule has 126 valence electrons. The number of nitrogens with zero attached hydrogens (tertiary/aromatic N) is 1. The van der Waals surface area contributed by atoms with Crippen LogP contribution in [0.1, 0.15) is 11.5 Å². The summed E-state index contributed by atoms with van der Waals surface area (Å²) in [4.78, 5) is 4.67. The molecule has 0 spiro atoms. The van der Waals surface area contributed by atoms with Crippen LogP contribution in [0.2, 0.25) is 0 Å². The Labute approximate surface area is 150 Å². The Hall–Kier alpha value is -3.53. The van der Waals surface area contributed by atoms with Crippen LogP contribution >= 0.6 is 0 Å². The monoisotopic (exact) mass is 340 g/mol. The number of nitrogens with one attached hydrogen (secondary N) is 1. The van der Waals surface area contributed by atoms with Crippen LogP contribution in [0.3, 0.4) is 0 Å². The molecule has 1 aromatic heterocycles. The van der Waals surface area contributed by atoms with Crippen molar-refractivity contribution in [3.05, 3.63) is 96.2 Å². The zero-order chi connectivity index (χ0) is 17.3. The minimum absolute atomic E-state index is 0.574. The summed E-state index contributed by atoms with van der Waals surface area (Å²) in [5, 5.41) is 3.36. The highest BCUT2D eigenvalue weighted by atomic mass is 16.5. The smallest absolute Gasteiger partial charge is 0.228 e. The predicted octanol–water partition coefficient (Wildman–Crippen LogP) is 5.24. The van der Waals surface area contributed by atoms with Gasteiger partial charge in [-0.1, -0.05) is 54.6 Å². The summed E-state index contributed by atoms with van der Waals surface area (Å²) in [7, 11) is 0. The zero-order valence-corrected chi connectivity index (χ0v) is 14.0. The largest absolute Gasteiger partial charge is 0.438 e. The highest BCUT2D eigenvalue weighted by Gasteiger charge is 2.24. The van der Waals surface area contributed by atoms with E-state index in [0.717, 1.165) is 28.1 Å². The van der Waals surface area contributed by atoms with E-state index in [9.17, 15) is 0 Å². The summed E-state index contributed by atoms with van der Waals surface area (Å²) < 4.78 is 12.1. The minimum atomic E-state index is 0.574. The molecular weight excluding hydrogens is 324 g/mol. The summed E-state index contributed by atoms with van der Waals surface area (Å²) in [6, 6.07) is 25.9. The van der Waals surface area contributed by atoms with Crippen molar-refractivity contribution in [1.29, 1.82) is 0 Å². The molecule has 0 saturated heterocycles. The molecule has 0 unspecified atom stereocenters. The van der Waals surface area contributed by atoms with Crippen molar-refractivity contribution in [2.75, 3.05) is 5.32 Å². The molecule has 1 aliphatic heterocycles. The van der Waals surface area contributed by atoms with Crippen molar-refractivity contribution in [3.8, 4) is 5.75 Å². The van der Waals surface area contributed by atoms with Crippen LogP contribution in [0.25, 0.3) is 16.7 Å². The quantitative estimate of drug-likeness (QED) is 0.554. The van der Waals surface area contributed by atoms with Crippen LogP contribution in [0.15, 0.2) is 89.2 Å². The Morgan fingerprint density at radius 1 is 0.846 bits per heavy atom. The standard InChI is InChI=1S/C22H16N2O2/c1-2-8-15(9-3-1)14-16(21-23-17-10-4-6-12-19(17)25-21)22-24-18-11-5-7-13-20(18)26-22/h1-13,23H,14H2. The van der Waals surface area contributed by atoms with Gasteiger partial charge in [-0.05, 0) is 29.8 Å². The number of oxazole rings is 1. The number of benzene rings is 3. The van der Waals surface area contributed by atoms with Crippen molar-refractivity contribution in [3.63, 3.8) is 0 Å². The Balaban J connectivity index is 1.63. The van der Waals surface area contributed by atoms with Gasteiger partial charge in [0.1, 0.15) is 5.52 Å². The Morgan fingerprint density at radius 3 is 2.46 bits per heavy atom. The van der Waals surface area contributed by atoms with Crippen molar-refractivity contribution in [2.45, 2.75) is 6.42 Å². The third-order valence-electron chi connectivity index (χ3n) is 4.40. The van der Waals surface area contributed by atoms with E-state index in [4.69, 9.17) is 9.15 Å². The maximum atomic E-state index is 6.06. The Bertz CT molecular complexity index is 1050. The van der Waals surface area contributed by atoms with Gasteiger partial charge in [0, 0.05) is 6.42 Å². The van der Waals surface area contributed by atoms with Crippen molar-refractivity contribution in [1.82, 2.24) is 4.98 Å². The van der Waals surface area contributed by atoms with Crippen LogP contribution in [0.5, 0.6) is 5.75 Å². The van der Waals surface area contributed by atoms with Gasteiger partial charge in [-0.2, -0.15) is 0 Å². The van der Waals surface area contributed by atoms with Gasteiger partial charge in [0.2, 0.25) is 11.8 Å². The van der Waals surface area contributed by atoms with E-state index in [1.165, 1.54) is 5.56 Å². The molecule has 1 N–H and O–H groups in total. The van der Waals surface area contributed by atoms with Gasteiger partial charge in [0.15, 0.2) is 11.3 Å². The minimum Gasteiger partial charge on any atom is -0.438 e. The first-order valence-corrected chi connectivity index (χ1v) is 8.54. The van der Waals surface area contributed by atoms with Gasteiger partial charge in [-0.25, -0.2) is 4.98 Å². The van der Waals surface area contributed by atoms with Crippen LogP contribution in [-0.2, 0) is 6.42 Å². The molecule has 0 atom stereocenters. The van der Waals surface area contributed by atoms with Gasteiger partial charge < -0.3 is 14.5 Å². The normalized spacial score (nSPS) is 14.6.